The fourth-order valence-electron chi connectivity index (χ4n) is 8.16. The lowest BCUT2D eigenvalue weighted by atomic mass is 9.55. The lowest BCUT2D eigenvalue weighted by Crippen LogP contribution is -2.61. The van der Waals surface area contributed by atoms with Gasteiger partial charge >= 0.3 is 12.1 Å². The van der Waals surface area contributed by atoms with Crippen LogP contribution in [-0.2, 0) is 31.9 Å². The van der Waals surface area contributed by atoms with Crippen molar-refractivity contribution in [3.63, 3.8) is 0 Å². The van der Waals surface area contributed by atoms with Gasteiger partial charge in [-0.2, -0.15) is 0 Å². The molecule has 2 amide bonds. The number of nitrogens with zero attached hydrogens (tertiary/aromatic N) is 1. The zero-order valence-electron chi connectivity index (χ0n) is 25.5. The number of aromatic nitrogens is 1. The van der Waals surface area contributed by atoms with Crippen LogP contribution in [0, 0.1) is 23.7 Å². The number of alkyl carbamates (subject to hydrolysis) is 1. The molecule has 0 saturated heterocycles. The molecule has 7 rings (SSSR count). The second kappa shape index (κ2) is 12.8. The Hall–Kier alpha value is -3.52. The number of amides is 2. The first-order chi connectivity index (χ1) is 21.2. The highest BCUT2D eigenvalue weighted by molar-refractivity contribution is 6.30. The number of halogens is 1. The van der Waals surface area contributed by atoms with Gasteiger partial charge in [-0.15, -0.1) is 0 Å². The lowest BCUT2D eigenvalue weighted by molar-refractivity contribution is -0.151. The second-order valence-corrected chi connectivity index (χ2v) is 13.6. The summed E-state index contributed by atoms with van der Waals surface area (Å²) in [6.07, 6.45) is 7.70. The lowest BCUT2D eigenvalue weighted by Gasteiger charge is -2.53. The van der Waals surface area contributed by atoms with E-state index in [1.807, 2.05) is 42.6 Å². The van der Waals surface area contributed by atoms with Gasteiger partial charge in [-0.05, 0) is 105 Å². The minimum Gasteiger partial charge on any atom is -0.465 e. The van der Waals surface area contributed by atoms with Crippen molar-refractivity contribution in [2.75, 3.05) is 19.7 Å². The Bertz CT molecular complexity index is 1480. The fraction of sp³-hybridized carbons (Fsp3) is 0.514. The zero-order valence-corrected chi connectivity index (χ0v) is 26.3. The number of esters is 1. The van der Waals surface area contributed by atoms with Crippen molar-refractivity contribution < 1.29 is 23.9 Å². The number of carbonyl (C=O) groups excluding carboxylic acids is 3. The third-order valence-corrected chi connectivity index (χ3v) is 10.2. The maximum Gasteiger partial charge on any atom is 0.408 e. The summed E-state index contributed by atoms with van der Waals surface area (Å²) in [7, 11) is 0. The Balaban J connectivity index is 1.26. The number of para-hydroxylation sites is 1. The van der Waals surface area contributed by atoms with Gasteiger partial charge in [0.15, 0.2) is 0 Å². The topological polar surface area (TPSA) is 101 Å². The van der Waals surface area contributed by atoms with Gasteiger partial charge in [-0.1, -0.05) is 41.9 Å². The Kier molecular flexibility index (Phi) is 8.90. The maximum atomic E-state index is 14.5. The number of fused-ring (bicyclic) bond motifs is 1. The molecule has 4 fully saturated rings. The number of ether oxygens (including phenoxy) is 2. The number of hydrogen-bond donors (Lipinski definition) is 2. The number of carbonyl (C=O) groups is 3. The highest BCUT2D eigenvalue weighted by Gasteiger charge is 2.50. The molecule has 44 heavy (non-hydrogen) atoms. The molecule has 4 aliphatic carbocycles. The Morgan fingerprint density at radius 1 is 1.00 bits per heavy atom. The quantitative estimate of drug-likeness (QED) is 0.245. The molecule has 234 valence electrons. The molecule has 2 aromatic carbocycles. The minimum absolute atomic E-state index is 0.115. The summed E-state index contributed by atoms with van der Waals surface area (Å²) in [5, 5.41) is 4.61. The number of hydrogen-bond acceptors (Lipinski definition) is 5. The third-order valence-electron chi connectivity index (χ3n) is 9.95. The predicted octanol–water partition coefficient (Wildman–Crippen LogP) is 6.31. The van der Waals surface area contributed by atoms with Gasteiger partial charge in [0.1, 0.15) is 18.2 Å². The second-order valence-electron chi connectivity index (χ2n) is 13.2. The summed E-state index contributed by atoms with van der Waals surface area (Å²) in [5.74, 6) is 1.44. The van der Waals surface area contributed by atoms with Crippen LogP contribution in [0.3, 0.4) is 0 Å². The van der Waals surface area contributed by atoms with Gasteiger partial charge in [-0.3, -0.25) is 9.59 Å². The molecule has 0 unspecified atom stereocenters. The molecular weight excluding hydrogens is 578 g/mol. The molecule has 4 aliphatic rings. The SMILES string of the molecule is CCOC(=O)CN(CCc1ccc(Cl)cc1)C(=O)[C@@](C)(Cc1c[nH]c2ccccc12)NC(=O)OC1C2CC3CC(C2)CC1C3. The van der Waals surface area contributed by atoms with Crippen LogP contribution in [0.1, 0.15) is 57.1 Å². The van der Waals surface area contributed by atoms with Crippen LogP contribution in [-0.4, -0.2) is 59.2 Å². The van der Waals surface area contributed by atoms with Crippen molar-refractivity contribution in [1.29, 1.82) is 0 Å². The fourth-order valence-corrected chi connectivity index (χ4v) is 8.28. The molecule has 1 aromatic heterocycles. The average Bonchev–Trinajstić information content (AvgIpc) is 3.39. The molecule has 0 aliphatic heterocycles. The number of nitrogens with one attached hydrogen (secondary N) is 2. The summed E-state index contributed by atoms with van der Waals surface area (Å²) in [6.45, 7) is 3.71. The molecule has 4 bridgehead atoms. The van der Waals surface area contributed by atoms with E-state index in [1.165, 1.54) is 11.3 Å². The van der Waals surface area contributed by atoms with E-state index >= 15 is 0 Å². The average molecular weight is 620 g/mol. The molecular formula is C35H42ClN3O5. The molecule has 0 spiro atoms. The first-order valence-corrected chi connectivity index (χ1v) is 16.3. The summed E-state index contributed by atoms with van der Waals surface area (Å²) in [6, 6.07) is 15.3. The molecule has 3 aromatic rings. The summed E-state index contributed by atoms with van der Waals surface area (Å²) < 4.78 is 11.4. The van der Waals surface area contributed by atoms with Crippen molar-refractivity contribution >= 4 is 40.5 Å². The van der Waals surface area contributed by atoms with Crippen molar-refractivity contribution in [3.8, 4) is 0 Å². The molecule has 2 N–H and O–H groups in total. The van der Waals surface area contributed by atoms with Gasteiger partial charge in [-0.25, -0.2) is 4.79 Å². The van der Waals surface area contributed by atoms with Crippen molar-refractivity contribution in [2.24, 2.45) is 23.7 Å². The van der Waals surface area contributed by atoms with Gasteiger partial charge in [0, 0.05) is 35.1 Å². The number of benzene rings is 2. The monoisotopic (exact) mass is 619 g/mol. The maximum absolute atomic E-state index is 14.5. The third kappa shape index (κ3) is 6.60. The van der Waals surface area contributed by atoms with E-state index in [0.717, 1.165) is 59.5 Å². The summed E-state index contributed by atoms with van der Waals surface area (Å²) in [5.41, 5.74) is 1.42. The van der Waals surface area contributed by atoms with Crippen LogP contribution in [0.15, 0.2) is 54.7 Å². The van der Waals surface area contributed by atoms with E-state index < -0.39 is 17.6 Å². The van der Waals surface area contributed by atoms with Crippen LogP contribution < -0.4 is 5.32 Å². The molecule has 4 saturated carbocycles. The minimum atomic E-state index is -1.39. The van der Waals surface area contributed by atoms with E-state index in [1.54, 1.807) is 26.0 Å². The predicted molar refractivity (Wildman–Crippen MR) is 169 cm³/mol. The van der Waals surface area contributed by atoms with Gasteiger partial charge < -0.3 is 24.7 Å². The normalized spacial score (nSPS) is 24.9. The van der Waals surface area contributed by atoms with Crippen molar-refractivity contribution in [3.05, 3.63) is 70.9 Å². The molecule has 0 radical (unpaired) electrons. The van der Waals surface area contributed by atoms with Crippen LogP contribution in [0.25, 0.3) is 10.9 Å². The van der Waals surface area contributed by atoms with Crippen LogP contribution in [0.2, 0.25) is 5.02 Å². The smallest absolute Gasteiger partial charge is 0.408 e. The van der Waals surface area contributed by atoms with Gasteiger partial charge in [0.05, 0.1) is 6.61 Å². The molecule has 8 nitrogen and oxygen atoms in total. The number of aromatic amines is 1. The highest BCUT2D eigenvalue weighted by atomic mass is 35.5. The summed E-state index contributed by atoms with van der Waals surface area (Å²) in [4.78, 5) is 45.7. The number of rotatable bonds is 11. The first kappa shape index (κ1) is 30.5. The highest BCUT2D eigenvalue weighted by Crippen LogP contribution is 2.54. The van der Waals surface area contributed by atoms with Gasteiger partial charge in [0.25, 0.3) is 0 Å². The van der Waals surface area contributed by atoms with Gasteiger partial charge in [0.2, 0.25) is 5.91 Å². The number of H-pyrrole nitrogens is 1. The van der Waals surface area contributed by atoms with E-state index in [-0.39, 0.29) is 38.1 Å². The molecule has 1 atom stereocenters. The zero-order chi connectivity index (χ0) is 30.8. The van der Waals surface area contributed by atoms with Crippen LogP contribution in [0.5, 0.6) is 0 Å². The van der Waals surface area contributed by atoms with Crippen LogP contribution >= 0.6 is 11.6 Å². The summed E-state index contributed by atoms with van der Waals surface area (Å²) >= 11 is 6.08. The Morgan fingerprint density at radius 2 is 1.68 bits per heavy atom. The largest absolute Gasteiger partial charge is 0.465 e. The Labute approximate surface area is 263 Å². The Morgan fingerprint density at radius 3 is 2.36 bits per heavy atom. The first-order valence-electron chi connectivity index (χ1n) is 15.9. The standard InChI is InChI=1S/C35H42ClN3O5/c1-3-43-31(40)21-39(13-12-22-8-10-28(36)11-9-22)33(41)35(2,19-27-20-37-30-7-5-4-6-29(27)30)38-34(42)44-32-25-15-23-14-24(17-25)18-26(32)16-23/h4-11,20,23-26,32,37H,3,12-19,21H2,1-2H3,(H,38,42)/t23?,24?,25?,26?,32?,35-/m1/s1. The van der Waals surface area contributed by atoms with Crippen molar-refractivity contribution in [2.45, 2.75) is 70.4 Å². The van der Waals surface area contributed by atoms with E-state index in [2.05, 4.69) is 10.3 Å². The van der Waals surface area contributed by atoms with E-state index in [4.69, 9.17) is 21.1 Å². The molecule has 1 heterocycles. The van der Waals surface area contributed by atoms with Crippen molar-refractivity contribution in [1.82, 2.24) is 15.2 Å². The molecule has 9 heteroatoms. The van der Waals surface area contributed by atoms with Crippen LogP contribution in [0.4, 0.5) is 4.79 Å². The van der Waals surface area contributed by atoms with E-state index in [9.17, 15) is 14.4 Å². The van der Waals surface area contributed by atoms with E-state index in [0.29, 0.717) is 23.3 Å².